The molecule has 0 unspecified atom stereocenters. The van der Waals surface area contributed by atoms with Crippen LogP contribution in [0.1, 0.15) is 13.8 Å². The molecule has 6 heteroatoms. The maximum Gasteiger partial charge on any atom is 0.234 e. The number of hydrogen-bond donors (Lipinski definition) is 1. The Bertz CT molecular complexity index is 686. The fourth-order valence-corrected chi connectivity index (χ4v) is 3.33. The number of nitrogens with zero attached hydrogens (tertiary/aromatic N) is 1. The first-order chi connectivity index (χ1) is 12.1. The number of benzene rings is 2. The number of rotatable bonds is 7. The van der Waals surface area contributed by atoms with Gasteiger partial charge < -0.3 is 15.0 Å². The van der Waals surface area contributed by atoms with Crippen LogP contribution in [0.4, 0.5) is 5.69 Å². The SMILES string of the molecule is CCN(CC)C(=S)SCC(=O)Nc1ccc(Oc2ccccc2)cc1. The van der Waals surface area contributed by atoms with Crippen LogP contribution in [-0.4, -0.2) is 34.0 Å². The van der Waals surface area contributed by atoms with E-state index in [2.05, 4.69) is 24.1 Å². The fourth-order valence-electron chi connectivity index (χ4n) is 2.13. The number of nitrogens with one attached hydrogen (secondary N) is 1. The molecule has 1 N–H and O–H groups in total. The van der Waals surface area contributed by atoms with Crippen LogP contribution in [0.3, 0.4) is 0 Å². The van der Waals surface area contributed by atoms with Gasteiger partial charge in [-0.1, -0.05) is 42.2 Å². The minimum atomic E-state index is -0.0729. The zero-order valence-electron chi connectivity index (χ0n) is 14.4. The first-order valence-electron chi connectivity index (χ1n) is 8.17. The molecule has 0 saturated heterocycles. The summed E-state index contributed by atoms with van der Waals surface area (Å²) in [5.74, 6) is 1.73. The Morgan fingerprint density at radius 3 is 2.24 bits per heavy atom. The predicted octanol–water partition coefficient (Wildman–Crippen LogP) is 4.78. The zero-order valence-corrected chi connectivity index (χ0v) is 16.0. The lowest BCUT2D eigenvalue weighted by Crippen LogP contribution is -2.28. The molecule has 2 aromatic rings. The van der Waals surface area contributed by atoms with Crippen molar-refractivity contribution in [2.24, 2.45) is 0 Å². The molecule has 0 aromatic heterocycles. The van der Waals surface area contributed by atoms with Crippen molar-refractivity contribution in [3.05, 3.63) is 54.6 Å². The highest BCUT2D eigenvalue weighted by atomic mass is 32.2. The number of amides is 1. The molecule has 25 heavy (non-hydrogen) atoms. The topological polar surface area (TPSA) is 41.6 Å². The summed E-state index contributed by atoms with van der Waals surface area (Å²) in [5.41, 5.74) is 0.736. The highest BCUT2D eigenvalue weighted by Crippen LogP contribution is 2.22. The number of para-hydroxylation sites is 1. The smallest absolute Gasteiger partial charge is 0.234 e. The predicted molar refractivity (Wildman–Crippen MR) is 110 cm³/mol. The zero-order chi connectivity index (χ0) is 18.1. The summed E-state index contributed by atoms with van der Waals surface area (Å²) in [6.07, 6.45) is 0. The largest absolute Gasteiger partial charge is 0.457 e. The maximum absolute atomic E-state index is 12.1. The molecule has 0 saturated carbocycles. The fraction of sp³-hybridized carbons (Fsp3) is 0.263. The van der Waals surface area contributed by atoms with Crippen molar-refractivity contribution in [2.75, 3.05) is 24.2 Å². The van der Waals surface area contributed by atoms with Gasteiger partial charge in [-0.3, -0.25) is 4.79 Å². The molecule has 0 heterocycles. The molecule has 2 aromatic carbocycles. The van der Waals surface area contributed by atoms with Gasteiger partial charge in [-0.25, -0.2) is 0 Å². The first-order valence-corrected chi connectivity index (χ1v) is 9.56. The summed E-state index contributed by atoms with van der Waals surface area (Å²) in [6.45, 7) is 5.81. The molecule has 0 radical (unpaired) electrons. The molecule has 1 amide bonds. The number of thioether (sulfide) groups is 1. The molecular weight excluding hydrogens is 352 g/mol. The third kappa shape index (κ3) is 6.40. The van der Waals surface area contributed by atoms with Crippen LogP contribution in [-0.2, 0) is 4.79 Å². The van der Waals surface area contributed by atoms with Crippen LogP contribution in [0.2, 0.25) is 0 Å². The Kier molecular flexibility index (Phi) is 7.76. The second-order valence-electron chi connectivity index (χ2n) is 5.21. The van der Waals surface area contributed by atoms with Crippen LogP contribution in [0.25, 0.3) is 0 Å². The van der Waals surface area contributed by atoms with Crippen LogP contribution in [0.5, 0.6) is 11.5 Å². The van der Waals surface area contributed by atoms with Crippen molar-refractivity contribution < 1.29 is 9.53 Å². The molecule has 0 aliphatic heterocycles. The molecule has 4 nitrogen and oxygen atoms in total. The van der Waals surface area contributed by atoms with Gasteiger partial charge in [0, 0.05) is 18.8 Å². The van der Waals surface area contributed by atoms with E-state index in [0.717, 1.165) is 34.6 Å². The number of hydrogen-bond acceptors (Lipinski definition) is 4. The standard InChI is InChI=1S/C19H22N2O2S2/c1-3-21(4-2)19(24)25-14-18(22)20-15-10-12-17(13-11-15)23-16-8-6-5-7-9-16/h5-13H,3-4,14H2,1-2H3,(H,20,22). The van der Waals surface area contributed by atoms with E-state index in [9.17, 15) is 4.79 Å². The molecule has 0 bridgehead atoms. The molecule has 0 spiro atoms. The van der Waals surface area contributed by atoms with Gasteiger partial charge in [0.1, 0.15) is 15.8 Å². The van der Waals surface area contributed by atoms with Crippen molar-refractivity contribution in [3.8, 4) is 11.5 Å². The third-order valence-corrected chi connectivity index (χ3v) is 4.99. The summed E-state index contributed by atoms with van der Waals surface area (Å²) in [4.78, 5) is 14.1. The van der Waals surface area contributed by atoms with Crippen molar-refractivity contribution in [1.29, 1.82) is 0 Å². The number of carbonyl (C=O) groups excluding carboxylic acids is 1. The van der Waals surface area contributed by atoms with E-state index in [1.165, 1.54) is 11.8 Å². The van der Waals surface area contributed by atoms with E-state index in [0.29, 0.717) is 5.75 Å². The summed E-state index contributed by atoms with van der Waals surface area (Å²) < 4.78 is 6.49. The van der Waals surface area contributed by atoms with E-state index in [1.54, 1.807) is 0 Å². The van der Waals surface area contributed by atoms with Gasteiger partial charge in [0.05, 0.1) is 5.75 Å². The van der Waals surface area contributed by atoms with E-state index < -0.39 is 0 Å². The molecular formula is C19H22N2O2S2. The van der Waals surface area contributed by atoms with E-state index in [-0.39, 0.29) is 5.91 Å². The van der Waals surface area contributed by atoms with E-state index >= 15 is 0 Å². The average Bonchev–Trinajstić information content (AvgIpc) is 2.63. The van der Waals surface area contributed by atoms with Crippen LogP contribution >= 0.6 is 24.0 Å². The number of ether oxygens (including phenoxy) is 1. The Morgan fingerprint density at radius 1 is 1.04 bits per heavy atom. The summed E-state index contributed by atoms with van der Waals surface area (Å²) >= 11 is 6.72. The minimum Gasteiger partial charge on any atom is -0.457 e. The average molecular weight is 375 g/mol. The van der Waals surface area contributed by atoms with Gasteiger partial charge >= 0.3 is 0 Å². The summed E-state index contributed by atoms with van der Waals surface area (Å²) in [6, 6.07) is 16.9. The third-order valence-electron chi connectivity index (χ3n) is 3.47. The van der Waals surface area contributed by atoms with Crippen molar-refractivity contribution >= 4 is 39.9 Å². The van der Waals surface area contributed by atoms with E-state index in [4.69, 9.17) is 17.0 Å². The quantitative estimate of drug-likeness (QED) is 0.707. The Labute approximate surface area is 158 Å². The van der Waals surface area contributed by atoms with Crippen molar-refractivity contribution in [3.63, 3.8) is 0 Å². The monoisotopic (exact) mass is 374 g/mol. The normalized spacial score (nSPS) is 10.2. The Balaban J connectivity index is 1.82. The number of thiocarbonyl (C=S) groups is 1. The van der Waals surface area contributed by atoms with Gasteiger partial charge in [-0.2, -0.15) is 0 Å². The number of carbonyl (C=O) groups is 1. The highest BCUT2D eigenvalue weighted by Gasteiger charge is 2.09. The Hall–Kier alpha value is -2.05. The summed E-state index contributed by atoms with van der Waals surface area (Å²) in [5, 5.41) is 2.87. The summed E-state index contributed by atoms with van der Waals surface area (Å²) in [7, 11) is 0. The van der Waals surface area contributed by atoms with Crippen molar-refractivity contribution in [1.82, 2.24) is 4.90 Å². The van der Waals surface area contributed by atoms with Gasteiger partial charge in [0.2, 0.25) is 5.91 Å². The van der Waals surface area contributed by atoms with Gasteiger partial charge in [0.25, 0.3) is 0 Å². The highest BCUT2D eigenvalue weighted by molar-refractivity contribution is 8.23. The van der Waals surface area contributed by atoms with Gasteiger partial charge in [-0.15, -0.1) is 0 Å². The molecule has 0 atom stereocenters. The molecule has 0 aliphatic carbocycles. The molecule has 0 fully saturated rings. The maximum atomic E-state index is 12.1. The van der Waals surface area contributed by atoms with Gasteiger partial charge in [0.15, 0.2) is 0 Å². The van der Waals surface area contributed by atoms with Crippen LogP contribution in [0, 0.1) is 0 Å². The second kappa shape index (κ2) is 10.1. The minimum absolute atomic E-state index is 0.0729. The lowest BCUT2D eigenvalue weighted by molar-refractivity contribution is -0.113. The van der Waals surface area contributed by atoms with Gasteiger partial charge in [-0.05, 0) is 50.2 Å². The van der Waals surface area contributed by atoms with Crippen LogP contribution < -0.4 is 10.1 Å². The molecule has 132 valence electrons. The van der Waals surface area contributed by atoms with Crippen LogP contribution in [0.15, 0.2) is 54.6 Å². The first kappa shape index (κ1) is 19.3. The van der Waals surface area contributed by atoms with E-state index in [1.807, 2.05) is 54.6 Å². The molecule has 2 rings (SSSR count). The lowest BCUT2D eigenvalue weighted by Gasteiger charge is -2.20. The Morgan fingerprint density at radius 2 is 1.64 bits per heavy atom. The second-order valence-corrected chi connectivity index (χ2v) is 6.82. The molecule has 0 aliphatic rings. The van der Waals surface area contributed by atoms with Crippen molar-refractivity contribution in [2.45, 2.75) is 13.8 Å². The lowest BCUT2D eigenvalue weighted by atomic mass is 10.3. The number of anilines is 1.